The molecule has 0 saturated carbocycles. The van der Waals surface area contributed by atoms with Crippen LogP contribution in [0.4, 0.5) is 10.1 Å². The molecule has 0 aliphatic rings. The lowest BCUT2D eigenvalue weighted by molar-refractivity contribution is 0.101. The third-order valence-corrected chi connectivity index (χ3v) is 4.06. The monoisotopic (exact) mass is 361 g/mol. The molecule has 2 aromatic heterocycles. The van der Waals surface area contributed by atoms with Gasteiger partial charge in [0.25, 0.3) is 5.91 Å². The number of carbonyl (C=O) groups excluding carboxylic acids is 1. The average Bonchev–Trinajstić information content (AvgIpc) is 3.33. The minimum absolute atomic E-state index is 0.344. The Hall–Kier alpha value is -3.67. The maximum atomic E-state index is 13.1. The van der Waals surface area contributed by atoms with Crippen LogP contribution in [0.25, 0.3) is 17.1 Å². The van der Waals surface area contributed by atoms with E-state index in [-0.39, 0.29) is 11.7 Å². The highest BCUT2D eigenvalue weighted by Gasteiger charge is 2.19. The van der Waals surface area contributed by atoms with E-state index in [0.29, 0.717) is 22.8 Å². The number of nitrogens with zero attached hydrogens (tertiary/aromatic N) is 2. The molecule has 2 heterocycles. The van der Waals surface area contributed by atoms with Crippen molar-refractivity contribution in [3.8, 4) is 17.1 Å². The van der Waals surface area contributed by atoms with Crippen LogP contribution in [-0.4, -0.2) is 15.7 Å². The third kappa shape index (κ3) is 3.50. The van der Waals surface area contributed by atoms with E-state index < -0.39 is 0 Å². The van der Waals surface area contributed by atoms with Crippen molar-refractivity contribution in [2.45, 2.75) is 6.92 Å². The molecule has 134 valence electrons. The van der Waals surface area contributed by atoms with Crippen molar-refractivity contribution in [1.29, 1.82) is 0 Å². The highest BCUT2D eigenvalue weighted by atomic mass is 19.1. The maximum absolute atomic E-state index is 13.1. The number of halogens is 1. The minimum atomic E-state index is -0.363. The summed E-state index contributed by atoms with van der Waals surface area (Å²) in [5, 5.41) is 7.31. The first-order chi connectivity index (χ1) is 13.1. The zero-order valence-corrected chi connectivity index (χ0v) is 14.5. The van der Waals surface area contributed by atoms with Gasteiger partial charge in [0, 0.05) is 11.8 Å². The summed E-state index contributed by atoms with van der Waals surface area (Å²) in [6, 6.07) is 18.5. The van der Waals surface area contributed by atoms with Crippen LogP contribution in [-0.2, 0) is 0 Å². The average molecular weight is 361 g/mol. The Morgan fingerprint density at radius 3 is 2.59 bits per heavy atom. The molecule has 0 aliphatic heterocycles. The predicted molar refractivity (Wildman–Crippen MR) is 100 cm³/mol. The second kappa shape index (κ2) is 6.92. The van der Waals surface area contributed by atoms with Gasteiger partial charge >= 0.3 is 0 Å². The summed E-state index contributed by atoms with van der Waals surface area (Å²) in [4.78, 5) is 12.9. The number of nitrogens with one attached hydrogen (secondary N) is 1. The molecule has 27 heavy (non-hydrogen) atoms. The molecule has 0 bridgehead atoms. The predicted octanol–water partition coefficient (Wildman–Crippen LogP) is 4.83. The molecule has 0 unspecified atom stereocenters. The Morgan fingerprint density at radius 1 is 1.07 bits per heavy atom. The smallest absolute Gasteiger partial charge is 0.274 e. The Kier molecular flexibility index (Phi) is 4.30. The fourth-order valence-corrected chi connectivity index (χ4v) is 2.77. The molecular formula is C21H16FN3O2. The van der Waals surface area contributed by atoms with E-state index in [4.69, 9.17) is 4.42 Å². The van der Waals surface area contributed by atoms with Crippen molar-refractivity contribution >= 4 is 11.6 Å². The first-order valence-corrected chi connectivity index (χ1v) is 8.38. The molecule has 2 aromatic carbocycles. The van der Waals surface area contributed by atoms with Crippen LogP contribution in [0, 0.1) is 12.7 Å². The standard InChI is InChI=1S/C21H16FN3O2/c1-14-4-2-5-17(12-14)25-19(13-18(24-25)20-6-3-11-27-20)21(26)23-16-9-7-15(22)8-10-16/h2-13H,1H3,(H,23,26). The van der Waals surface area contributed by atoms with E-state index >= 15 is 0 Å². The summed E-state index contributed by atoms with van der Waals surface area (Å²) in [5.41, 5.74) is 3.20. The van der Waals surface area contributed by atoms with Gasteiger partial charge in [-0.15, -0.1) is 0 Å². The molecule has 1 amide bonds. The van der Waals surface area contributed by atoms with Gasteiger partial charge in [-0.05, 0) is 61.0 Å². The Morgan fingerprint density at radius 2 is 1.89 bits per heavy atom. The van der Waals surface area contributed by atoms with Gasteiger partial charge in [0.1, 0.15) is 17.2 Å². The van der Waals surface area contributed by atoms with Crippen LogP contribution in [0.1, 0.15) is 16.1 Å². The maximum Gasteiger partial charge on any atom is 0.274 e. The summed E-state index contributed by atoms with van der Waals surface area (Å²) in [6.45, 7) is 1.97. The van der Waals surface area contributed by atoms with E-state index in [1.807, 2.05) is 31.2 Å². The van der Waals surface area contributed by atoms with Crippen molar-refractivity contribution in [3.63, 3.8) is 0 Å². The van der Waals surface area contributed by atoms with E-state index in [0.717, 1.165) is 11.3 Å². The van der Waals surface area contributed by atoms with Crippen LogP contribution in [0.15, 0.2) is 77.4 Å². The molecule has 0 saturated heterocycles. The van der Waals surface area contributed by atoms with Crippen molar-refractivity contribution < 1.29 is 13.6 Å². The zero-order valence-electron chi connectivity index (χ0n) is 14.5. The largest absolute Gasteiger partial charge is 0.463 e. The lowest BCUT2D eigenvalue weighted by atomic mass is 10.2. The van der Waals surface area contributed by atoms with Gasteiger partial charge in [0.05, 0.1) is 12.0 Å². The molecule has 4 aromatic rings. The summed E-state index contributed by atoms with van der Waals surface area (Å²) in [5.74, 6) is -0.149. The fraction of sp³-hybridized carbons (Fsp3) is 0.0476. The van der Waals surface area contributed by atoms with Gasteiger partial charge < -0.3 is 9.73 Å². The number of carbonyl (C=O) groups is 1. The fourth-order valence-electron chi connectivity index (χ4n) is 2.77. The van der Waals surface area contributed by atoms with Gasteiger partial charge in [-0.1, -0.05) is 12.1 Å². The van der Waals surface area contributed by atoms with Crippen LogP contribution >= 0.6 is 0 Å². The highest BCUT2D eigenvalue weighted by molar-refractivity contribution is 6.04. The normalized spacial score (nSPS) is 10.7. The molecule has 5 nitrogen and oxygen atoms in total. The number of benzene rings is 2. The second-order valence-corrected chi connectivity index (χ2v) is 6.10. The van der Waals surface area contributed by atoms with Gasteiger partial charge in [-0.3, -0.25) is 4.79 Å². The van der Waals surface area contributed by atoms with Crippen LogP contribution in [0.5, 0.6) is 0 Å². The van der Waals surface area contributed by atoms with Crippen molar-refractivity contribution in [2.75, 3.05) is 5.32 Å². The molecule has 0 aliphatic carbocycles. The van der Waals surface area contributed by atoms with E-state index in [1.54, 1.807) is 29.1 Å². The van der Waals surface area contributed by atoms with Crippen molar-refractivity contribution in [3.05, 3.63) is 90.1 Å². The van der Waals surface area contributed by atoms with E-state index in [9.17, 15) is 9.18 Å². The number of anilines is 1. The highest BCUT2D eigenvalue weighted by Crippen LogP contribution is 2.23. The van der Waals surface area contributed by atoms with E-state index in [2.05, 4.69) is 10.4 Å². The summed E-state index contributed by atoms with van der Waals surface area (Å²) >= 11 is 0. The topological polar surface area (TPSA) is 60.1 Å². The van der Waals surface area contributed by atoms with E-state index in [1.165, 1.54) is 24.3 Å². The van der Waals surface area contributed by atoms with Crippen LogP contribution in [0.2, 0.25) is 0 Å². The quantitative estimate of drug-likeness (QED) is 0.566. The SMILES string of the molecule is Cc1cccc(-n2nc(-c3ccco3)cc2C(=O)Nc2ccc(F)cc2)c1. The molecule has 0 fully saturated rings. The van der Waals surface area contributed by atoms with Gasteiger partial charge in [-0.25, -0.2) is 9.07 Å². The molecule has 0 spiro atoms. The number of aryl methyl sites for hydroxylation is 1. The van der Waals surface area contributed by atoms with Crippen molar-refractivity contribution in [1.82, 2.24) is 9.78 Å². The van der Waals surface area contributed by atoms with Gasteiger partial charge in [0.2, 0.25) is 0 Å². The molecule has 1 N–H and O–H groups in total. The first kappa shape index (κ1) is 16.8. The zero-order chi connectivity index (χ0) is 18.8. The van der Waals surface area contributed by atoms with Gasteiger partial charge in [0.15, 0.2) is 5.76 Å². The number of rotatable bonds is 4. The molecule has 4 rings (SSSR count). The Balaban J connectivity index is 1.75. The number of aromatic nitrogens is 2. The van der Waals surface area contributed by atoms with Crippen LogP contribution in [0.3, 0.4) is 0 Å². The Bertz CT molecular complexity index is 1080. The molecule has 0 radical (unpaired) electrons. The minimum Gasteiger partial charge on any atom is -0.463 e. The third-order valence-electron chi connectivity index (χ3n) is 4.06. The number of hydrogen-bond donors (Lipinski definition) is 1. The molecule has 0 atom stereocenters. The summed E-state index contributed by atoms with van der Waals surface area (Å²) < 4.78 is 20.1. The first-order valence-electron chi connectivity index (χ1n) is 8.38. The molecule has 6 heteroatoms. The summed E-state index contributed by atoms with van der Waals surface area (Å²) in [6.07, 6.45) is 1.55. The molecular weight excluding hydrogens is 345 g/mol. The van der Waals surface area contributed by atoms with Crippen molar-refractivity contribution in [2.24, 2.45) is 0 Å². The Labute approximate surface area is 155 Å². The number of furan rings is 1. The second-order valence-electron chi connectivity index (χ2n) is 6.10. The number of amides is 1. The lowest BCUT2D eigenvalue weighted by Crippen LogP contribution is -2.17. The lowest BCUT2D eigenvalue weighted by Gasteiger charge is -2.09. The summed E-state index contributed by atoms with van der Waals surface area (Å²) in [7, 11) is 0. The number of hydrogen-bond acceptors (Lipinski definition) is 3. The van der Waals surface area contributed by atoms with Gasteiger partial charge in [-0.2, -0.15) is 5.10 Å². The van der Waals surface area contributed by atoms with Crippen LogP contribution < -0.4 is 5.32 Å².